The fraction of sp³-hybridized carbons (Fsp3) is 0.538. The molecule has 1 N–H and O–H groups in total. The number of carbonyl (C=O) groups is 1. The molecule has 98 valence electrons. The van der Waals surface area contributed by atoms with Crippen LogP contribution < -0.4 is 0 Å². The highest BCUT2D eigenvalue weighted by Gasteiger charge is 2.51. The molecule has 1 aromatic heterocycles. The van der Waals surface area contributed by atoms with Crippen molar-refractivity contribution >= 4 is 17.6 Å². The van der Waals surface area contributed by atoms with Crippen molar-refractivity contribution in [2.45, 2.75) is 32.1 Å². The van der Waals surface area contributed by atoms with E-state index < -0.39 is 5.41 Å². The number of carbonyl (C=O) groups excluding carboxylic acids is 1. The van der Waals surface area contributed by atoms with Gasteiger partial charge in [-0.2, -0.15) is 0 Å². The lowest BCUT2D eigenvalue weighted by Crippen LogP contribution is -2.36. The molecule has 1 saturated carbocycles. The zero-order chi connectivity index (χ0) is 13.3. The molecule has 2 rings (SSSR count). The van der Waals surface area contributed by atoms with Crippen molar-refractivity contribution in [3.05, 3.63) is 23.0 Å². The minimum atomic E-state index is -0.841. The van der Waals surface area contributed by atoms with Crippen LogP contribution in [-0.2, 0) is 14.9 Å². The van der Waals surface area contributed by atoms with Gasteiger partial charge in [0, 0.05) is 11.8 Å². The molecule has 1 aromatic rings. The van der Waals surface area contributed by atoms with Crippen LogP contribution in [0.1, 0.15) is 32.3 Å². The Hall–Kier alpha value is -1.29. The number of esters is 1. The van der Waals surface area contributed by atoms with Gasteiger partial charge in [-0.15, -0.1) is 0 Å². The molecule has 0 amide bonds. The van der Waals surface area contributed by atoms with Gasteiger partial charge >= 0.3 is 5.97 Å². The molecule has 4 nitrogen and oxygen atoms in total. The molecule has 5 heteroatoms. The summed E-state index contributed by atoms with van der Waals surface area (Å²) in [6.45, 7) is 3.89. The van der Waals surface area contributed by atoms with E-state index in [0.29, 0.717) is 12.2 Å². The van der Waals surface area contributed by atoms with Crippen molar-refractivity contribution in [2.75, 3.05) is 6.61 Å². The average Bonchev–Trinajstić information content (AvgIpc) is 3.16. The van der Waals surface area contributed by atoms with E-state index in [0.717, 1.165) is 12.8 Å². The Labute approximate surface area is 111 Å². The second-order valence-electron chi connectivity index (χ2n) is 4.70. The standard InChI is InChI=1S/C13H16ClNO3/c1-3-18-12(17)13(2,8-4-5-8)9-6-7-15-11(14)10(9)16/h6-8,16H,3-5H2,1-2H3/t13-/m1/s1. The van der Waals surface area contributed by atoms with Crippen LogP contribution >= 0.6 is 11.6 Å². The molecule has 1 atom stereocenters. The Morgan fingerprint density at radius 2 is 2.33 bits per heavy atom. The molecule has 0 aromatic carbocycles. The van der Waals surface area contributed by atoms with E-state index in [1.165, 1.54) is 6.20 Å². The molecule has 0 aliphatic heterocycles. The Bertz CT molecular complexity index is 473. The van der Waals surface area contributed by atoms with Crippen molar-refractivity contribution in [1.29, 1.82) is 0 Å². The van der Waals surface area contributed by atoms with Gasteiger partial charge < -0.3 is 9.84 Å². The van der Waals surface area contributed by atoms with E-state index in [2.05, 4.69) is 4.98 Å². The summed E-state index contributed by atoms with van der Waals surface area (Å²) in [6.07, 6.45) is 3.40. The van der Waals surface area contributed by atoms with Crippen LogP contribution in [0.3, 0.4) is 0 Å². The van der Waals surface area contributed by atoms with E-state index in [-0.39, 0.29) is 22.8 Å². The van der Waals surface area contributed by atoms with Gasteiger partial charge in [-0.3, -0.25) is 4.79 Å². The quantitative estimate of drug-likeness (QED) is 0.674. The molecule has 18 heavy (non-hydrogen) atoms. The predicted molar refractivity (Wildman–Crippen MR) is 67.6 cm³/mol. The lowest BCUT2D eigenvalue weighted by atomic mass is 9.78. The number of hydrogen-bond donors (Lipinski definition) is 1. The summed E-state index contributed by atoms with van der Waals surface area (Å²) < 4.78 is 5.14. The van der Waals surface area contributed by atoms with Gasteiger partial charge in [-0.1, -0.05) is 11.6 Å². The largest absolute Gasteiger partial charge is 0.504 e. The first-order valence-electron chi connectivity index (χ1n) is 6.03. The molecule has 1 fully saturated rings. The monoisotopic (exact) mass is 269 g/mol. The first-order chi connectivity index (χ1) is 8.51. The van der Waals surface area contributed by atoms with E-state index in [4.69, 9.17) is 16.3 Å². The van der Waals surface area contributed by atoms with Crippen molar-refractivity contribution in [1.82, 2.24) is 4.98 Å². The highest BCUT2D eigenvalue weighted by molar-refractivity contribution is 6.30. The van der Waals surface area contributed by atoms with E-state index in [1.54, 1.807) is 19.9 Å². The van der Waals surface area contributed by atoms with Crippen molar-refractivity contribution in [3.8, 4) is 5.75 Å². The van der Waals surface area contributed by atoms with Crippen molar-refractivity contribution in [3.63, 3.8) is 0 Å². The number of aromatic nitrogens is 1. The maximum Gasteiger partial charge on any atom is 0.316 e. The third-order valence-electron chi connectivity index (χ3n) is 3.53. The van der Waals surface area contributed by atoms with Gasteiger partial charge in [0.15, 0.2) is 10.9 Å². The van der Waals surface area contributed by atoms with E-state index in [1.807, 2.05) is 0 Å². The predicted octanol–water partition coefficient (Wildman–Crippen LogP) is 2.67. The zero-order valence-corrected chi connectivity index (χ0v) is 11.2. The van der Waals surface area contributed by atoms with Crippen molar-refractivity contribution < 1.29 is 14.6 Å². The molecular formula is C13H16ClNO3. The smallest absolute Gasteiger partial charge is 0.316 e. The maximum atomic E-state index is 12.2. The fourth-order valence-electron chi connectivity index (χ4n) is 2.29. The lowest BCUT2D eigenvalue weighted by molar-refractivity contribution is -0.150. The topological polar surface area (TPSA) is 59.4 Å². The molecule has 0 saturated heterocycles. The summed E-state index contributed by atoms with van der Waals surface area (Å²) in [6, 6.07) is 1.64. The number of hydrogen-bond acceptors (Lipinski definition) is 4. The summed E-state index contributed by atoms with van der Waals surface area (Å²) in [5.74, 6) is -0.243. The number of pyridine rings is 1. The van der Waals surface area contributed by atoms with Gasteiger partial charge in [0.25, 0.3) is 0 Å². The Balaban J connectivity index is 2.47. The summed E-state index contributed by atoms with van der Waals surface area (Å²) in [5.41, 5.74) is -0.337. The average molecular weight is 270 g/mol. The first kappa shape index (κ1) is 13.1. The van der Waals surface area contributed by atoms with Crippen molar-refractivity contribution in [2.24, 2.45) is 5.92 Å². The minimum absolute atomic E-state index is 0.0173. The molecule has 0 unspecified atom stereocenters. The highest BCUT2D eigenvalue weighted by Crippen LogP contribution is 2.50. The van der Waals surface area contributed by atoms with Crippen LogP contribution in [-0.4, -0.2) is 22.7 Å². The van der Waals surface area contributed by atoms with Gasteiger partial charge in [0.05, 0.1) is 12.0 Å². The molecular weight excluding hydrogens is 254 g/mol. The second-order valence-corrected chi connectivity index (χ2v) is 5.05. The van der Waals surface area contributed by atoms with Gasteiger partial charge in [0.2, 0.25) is 0 Å². The SMILES string of the molecule is CCOC(=O)[C@@](C)(c1ccnc(Cl)c1O)C1CC1. The Morgan fingerprint density at radius 3 is 2.89 bits per heavy atom. The number of aromatic hydroxyl groups is 1. The van der Waals surface area contributed by atoms with Crippen LogP contribution in [0.2, 0.25) is 5.15 Å². The third-order valence-corrected chi connectivity index (χ3v) is 3.81. The maximum absolute atomic E-state index is 12.2. The fourth-order valence-corrected chi connectivity index (χ4v) is 2.44. The first-order valence-corrected chi connectivity index (χ1v) is 6.40. The lowest BCUT2D eigenvalue weighted by Gasteiger charge is -2.28. The zero-order valence-electron chi connectivity index (χ0n) is 10.4. The summed E-state index contributed by atoms with van der Waals surface area (Å²) >= 11 is 5.81. The van der Waals surface area contributed by atoms with Gasteiger partial charge in [-0.05, 0) is 38.7 Å². The summed E-state index contributed by atoms with van der Waals surface area (Å²) in [5, 5.41) is 10.0. The normalized spacial score (nSPS) is 18.2. The molecule has 0 bridgehead atoms. The molecule has 0 radical (unpaired) electrons. The van der Waals surface area contributed by atoms with Crippen LogP contribution in [0.25, 0.3) is 0 Å². The van der Waals surface area contributed by atoms with Gasteiger partial charge in [0.1, 0.15) is 0 Å². The van der Waals surface area contributed by atoms with Crippen LogP contribution in [0.5, 0.6) is 5.75 Å². The highest BCUT2D eigenvalue weighted by atomic mass is 35.5. The molecule has 1 aliphatic carbocycles. The molecule has 0 spiro atoms. The third kappa shape index (κ3) is 2.05. The molecule has 1 heterocycles. The Morgan fingerprint density at radius 1 is 1.67 bits per heavy atom. The van der Waals surface area contributed by atoms with Crippen LogP contribution in [0.4, 0.5) is 0 Å². The number of nitrogens with zero attached hydrogens (tertiary/aromatic N) is 1. The van der Waals surface area contributed by atoms with Crippen LogP contribution in [0.15, 0.2) is 12.3 Å². The van der Waals surface area contributed by atoms with E-state index >= 15 is 0 Å². The Kier molecular flexibility index (Phi) is 3.48. The summed E-state index contributed by atoms with van der Waals surface area (Å²) in [7, 11) is 0. The van der Waals surface area contributed by atoms with Crippen LogP contribution in [0, 0.1) is 5.92 Å². The summed E-state index contributed by atoms with van der Waals surface area (Å²) in [4.78, 5) is 16.0. The number of halogens is 1. The number of rotatable bonds is 4. The van der Waals surface area contributed by atoms with E-state index in [9.17, 15) is 9.90 Å². The molecule has 1 aliphatic rings. The minimum Gasteiger partial charge on any atom is -0.504 e. The van der Waals surface area contributed by atoms with Gasteiger partial charge in [-0.25, -0.2) is 4.98 Å². The number of ether oxygens (including phenoxy) is 1. The second kappa shape index (κ2) is 4.76.